The van der Waals surface area contributed by atoms with Crippen molar-refractivity contribution in [1.82, 2.24) is 24.2 Å². The number of hydrogen-bond donors (Lipinski definition) is 0. The molecule has 3 heterocycles. The van der Waals surface area contributed by atoms with Crippen molar-refractivity contribution < 1.29 is 4.74 Å². The fraction of sp³-hybridized carbons (Fsp3) is 0.278. The van der Waals surface area contributed by atoms with Crippen LogP contribution in [0, 0.1) is 4.77 Å². The van der Waals surface area contributed by atoms with E-state index < -0.39 is 0 Å². The second kappa shape index (κ2) is 7.26. The van der Waals surface area contributed by atoms with Gasteiger partial charge in [-0.2, -0.15) is 0 Å². The van der Waals surface area contributed by atoms with Crippen molar-refractivity contribution in [2.45, 2.75) is 6.67 Å². The zero-order valence-electron chi connectivity index (χ0n) is 13.8. The summed E-state index contributed by atoms with van der Waals surface area (Å²) < 4.78 is 9.99. The first-order valence-electron chi connectivity index (χ1n) is 8.29. The normalized spacial score (nSPS) is 15.4. The molecular formula is C18H19N5OS. The Morgan fingerprint density at radius 3 is 2.56 bits per heavy atom. The molecule has 0 atom stereocenters. The SMILES string of the molecule is S=c1n(CN2CCOCC2)nc(-c2cccnc2)n1-c1ccccc1. The molecule has 1 aliphatic heterocycles. The molecule has 1 aliphatic rings. The summed E-state index contributed by atoms with van der Waals surface area (Å²) in [7, 11) is 0. The van der Waals surface area contributed by atoms with Gasteiger partial charge in [0.05, 0.1) is 19.9 Å². The smallest absolute Gasteiger partial charge is 0.204 e. The van der Waals surface area contributed by atoms with Crippen LogP contribution in [0.25, 0.3) is 17.1 Å². The third-order valence-corrected chi connectivity index (χ3v) is 4.60. The maximum absolute atomic E-state index is 5.75. The van der Waals surface area contributed by atoms with Gasteiger partial charge in [0, 0.05) is 36.7 Å². The topological polar surface area (TPSA) is 48.1 Å². The first-order chi connectivity index (χ1) is 12.3. The van der Waals surface area contributed by atoms with E-state index in [4.69, 9.17) is 22.1 Å². The summed E-state index contributed by atoms with van der Waals surface area (Å²) in [6.45, 7) is 3.95. The van der Waals surface area contributed by atoms with Gasteiger partial charge in [-0.1, -0.05) is 18.2 Å². The van der Waals surface area contributed by atoms with E-state index in [9.17, 15) is 0 Å². The molecule has 0 bridgehead atoms. The minimum Gasteiger partial charge on any atom is -0.379 e. The summed E-state index contributed by atoms with van der Waals surface area (Å²) in [4.78, 5) is 6.53. The number of para-hydroxylation sites is 1. The number of rotatable bonds is 4. The van der Waals surface area contributed by atoms with Gasteiger partial charge in [-0.25, -0.2) is 4.68 Å². The molecule has 1 fully saturated rings. The van der Waals surface area contributed by atoms with Crippen LogP contribution in [-0.2, 0) is 11.4 Å². The predicted molar refractivity (Wildman–Crippen MR) is 98.0 cm³/mol. The van der Waals surface area contributed by atoms with Crippen LogP contribution >= 0.6 is 12.2 Å². The van der Waals surface area contributed by atoms with Gasteiger partial charge in [0.15, 0.2) is 5.82 Å². The maximum atomic E-state index is 5.75. The van der Waals surface area contributed by atoms with E-state index in [1.165, 1.54) is 0 Å². The zero-order valence-corrected chi connectivity index (χ0v) is 14.6. The predicted octanol–water partition coefficient (Wildman–Crippen LogP) is 2.75. The molecule has 2 aromatic heterocycles. The van der Waals surface area contributed by atoms with E-state index >= 15 is 0 Å². The highest BCUT2D eigenvalue weighted by molar-refractivity contribution is 7.71. The number of hydrogen-bond acceptors (Lipinski definition) is 5. The average molecular weight is 353 g/mol. The lowest BCUT2D eigenvalue weighted by Gasteiger charge is -2.26. The van der Waals surface area contributed by atoms with Crippen molar-refractivity contribution in [3.05, 3.63) is 59.6 Å². The van der Waals surface area contributed by atoms with E-state index in [1.54, 1.807) is 6.20 Å². The molecule has 128 valence electrons. The van der Waals surface area contributed by atoms with Crippen LogP contribution < -0.4 is 0 Å². The molecule has 0 spiro atoms. The Bertz CT molecular complexity index is 885. The summed E-state index contributed by atoms with van der Waals surface area (Å²) in [5.41, 5.74) is 1.94. The minimum absolute atomic E-state index is 0.662. The second-order valence-electron chi connectivity index (χ2n) is 5.89. The molecule has 3 aromatic rings. The monoisotopic (exact) mass is 353 g/mol. The first kappa shape index (κ1) is 16.1. The van der Waals surface area contributed by atoms with E-state index in [0.29, 0.717) is 11.4 Å². The molecule has 7 heteroatoms. The number of morpholine rings is 1. The number of aromatic nitrogens is 4. The Kier molecular flexibility index (Phi) is 4.69. The first-order valence-corrected chi connectivity index (χ1v) is 8.69. The highest BCUT2D eigenvalue weighted by atomic mass is 32.1. The lowest BCUT2D eigenvalue weighted by atomic mass is 10.2. The third-order valence-electron chi connectivity index (χ3n) is 4.21. The zero-order chi connectivity index (χ0) is 17.1. The van der Waals surface area contributed by atoms with Gasteiger partial charge < -0.3 is 4.74 Å². The number of benzene rings is 1. The van der Waals surface area contributed by atoms with E-state index in [1.807, 2.05) is 57.9 Å². The molecule has 1 aromatic carbocycles. The van der Waals surface area contributed by atoms with Crippen molar-refractivity contribution in [1.29, 1.82) is 0 Å². The van der Waals surface area contributed by atoms with Crippen LogP contribution in [0.3, 0.4) is 0 Å². The number of nitrogens with zero attached hydrogens (tertiary/aromatic N) is 5. The van der Waals surface area contributed by atoms with Gasteiger partial charge in [0.25, 0.3) is 0 Å². The average Bonchev–Trinajstić information content (AvgIpc) is 3.00. The molecule has 0 N–H and O–H groups in total. The Hall–Kier alpha value is -2.35. The standard InChI is InChI=1S/C18H19N5OS/c25-18-22(14-21-9-11-24-12-10-21)20-17(15-5-4-8-19-13-15)23(18)16-6-2-1-3-7-16/h1-8,13H,9-12,14H2. The molecule has 1 saturated heterocycles. The lowest BCUT2D eigenvalue weighted by molar-refractivity contribution is 0.0210. The van der Waals surface area contributed by atoms with Crippen LogP contribution in [-0.4, -0.2) is 50.5 Å². The van der Waals surface area contributed by atoms with Crippen LogP contribution in [0.5, 0.6) is 0 Å². The third kappa shape index (κ3) is 3.39. The Morgan fingerprint density at radius 1 is 1.04 bits per heavy atom. The van der Waals surface area contributed by atoms with E-state index in [0.717, 1.165) is 43.4 Å². The second-order valence-corrected chi connectivity index (χ2v) is 6.26. The summed E-state index contributed by atoms with van der Waals surface area (Å²) in [5, 5.41) is 4.80. The van der Waals surface area contributed by atoms with Gasteiger partial charge in [-0.15, -0.1) is 5.10 Å². The fourth-order valence-corrected chi connectivity index (χ4v) is 3.21. The van der Waals surface area contributed by atoms with Gasteiger partial charge in [-0.05, 0) is 36.5 Å². The maximum Gasteiger partial charge on any atom is 0.204 e. The molecule has 0 saturated carbocycles. The molecular weight excluding hydrogens is 334 g/mol. The lowest BCUT2D eigenvalue weighted by Crippen LogP contribution is -2.37. The molecule has 4 rings (SSSR count). The Morgan fingerprint density at radius 2 is 1.84 bits per heavy atom. The number of pyridine rings is 1. The van der Waals surface area contributed by atoms with Crippen LogP contribution in [0.4, 0.5) is 0 Å². The summed E-state index contributed by atoms with van der Waals surface area (Å²) in [6, 6.07) is 14.0. The highest BCUT2D eigenvalue weighted by Crippen LogP contribution is 2.22. The van der Waals surface area contributed by atoms with Crippen molar-refractivity contribution in [3.63, 3.8) is 0 Å². The van der Waals surface area contributed by atoms with Gasteiger partial charge >= 0.3 is 0 Å². The van der Waals surface area contributed by atoms with Crippen molar-refractivity contribution in [2.24, 2.45) is 0 Å². The van der Waals surface area contributed by atoms with Crippen LogP contribution in [0.15, 0.2) is 54.9 Å². The Labute approximate surface area is 151 Å². The van der Waals surface area contributed by atoms with E-state index in [-0.39, 0.29) is 0 Å². The molecule has 6 nitrogen and oxygen atoms in total. The largest absolute Gasteiger partial charge is 0.379 e. The van der Waals surface area contributed by atoms with E-state index in [2.05, 4.69) is 9.88 Å². The van der Waals surface area contributed by atoms with Gasteiger partial charge in [0.1, 0.15) is 0 Å². The van der Waals surface area contributed by atoms with Crippen LogP contribution in [0.1, 0.15) is 0 Å². The summed E-state index contributed by atoms with van der Waals surface area (Å²) in [5.74, 6) is 0.803. The fourth-order valence-electron chi connectivity index (χ4n) is 2.92. The van der Waals surface area contributed by atoms with Crippen molar-refractivity contribution in [2.75, 3.05) is 26.3 Å². The highest BCUT2D eigenvalue weighted by Gasteiger charge is 2.17. The molecule has 0 radical (unpaired) electrons. The molecule has 0 unspecified atom stereocenters. The molecule has 0 aliphatic carbocycles. The minimum atomic E-state index is 0.662. The van der Waals surface area contributed by atoms with Gasteiger partial charge in [-0.3, -0.25) is 14.5 Å². The molecule has 0 amide bonds. The van der Waals surface area contributed by atoms with Crippen molar-refractivity contribution in [3.8, 4) is 17.1 Å². The van der Waals surface area contributed by atoms with Gasteiger partial charge in [0.2, 0.25) is 4.77 Å². The Balaban J connectivity index is 1.79. The molecule has 25 heavy (non-hydrogen) atoms. The summed E-state index contributed by atoms with van der Waals surface area (Å²) >= 11 is 5.75. The summed E-state index contributed by atoms with van der Waals surface area (Å²) in [6.07, 6.45) is 3.57. The quantitative estimate of drug-likeness (QED) is 0.675. The number of ether oxygens (including phenoxy) is 1. The van der Waals surface area contributed by atoms with Crippen molar-refractivity contribution >= 4 is 12.2 Å². The van der Waals surface area contributed by atoms with Crippen LogP contribution in [0.2, 0.25) is 0 Å².